The number of carbonyl (C=O) groups excluding carboxylic acids is 1. The van der Waals surface area contributed by atoms with Crippen LogP contribution in [0.4, 0.5) is 0 Å². The van der Waals surface area contributed by atoms with Gasteiger partial charge in [-0.15, -0.1) is 11.3 Å². The quantitative estimate of drug-likeness (QED) is 0.797. The van der Waals surface area contributed by atoms with E-state index in [0.717, 1.165) is 4.88 Å². The van der Waals surface area contributed by atoms with E-state index in [0.29, 0.717) is 4.34 Å². The van der Waals surface area contributed by atoms with Crippen LogP contribution in [0.15, 0.2) is 18.2 Å². The summed E-state index contributed by atoms with van der Waals surface area (Å²) in [6.07, 6.45) is 2.58. The molecule has 1 atom stereocenters. The molecule has 0 saturated carbocycles. The first kappa shape index (κ1) is 12.2. The summed E-state index contributed by atoms with van der Waals surface area (Å²) in [5.41, 5.74) is 0. The van der Waals surface area contributed by atoms with E-state index in [-0.39, 0.29) is 12.5 Å². The lowest BCUT2D eigenvalue weighted by Crippen LogP contribution is -2.28. The van der Waals surface area contributed by atoms with Crippen LogP contribution >= 0.6 is 22.9 Å². The zero-order valence-electron chi connectivity index (χ0n) is 8.24. The molecule has 15 heavy (non-hydrogen) atoms. The lowest BCUT2D eigenvalue weighted by Gasteiger charge is -2.03. The van der Waals surface area contributed by atoms with Crippen molar-refractivity contribution in [1.29, 1.82) is 0 Å². The molecule has 0 aliphatic rings. The second-order valence-corrected chi connectivity index (χ2v) is 4.82. The Kier molecular flexibility index (Phi) is 4.81. The third kappa shape index (κ3) is 4.97. The van der Waals surface area contributed by atoms with Gasteiger partial charge in [-0.3, -0.25) is 4.79 Å². The zero-order valence-corrected chi connectivity index (χ0v) is 9.81. The zero-order chi connectivity index (χ0) is 11.3. The summed E-state index contributed by atoms with van der Waals surface area (Å²) in [7, 11) is 0. The van der Waals surface area contributed by atoms with Gasteiger partial charge in [0.15, 0.2) is 0 Å². The van der Waals surface area contributed by atoms with Gasteiger partial charge >= 0.3 is 0 Å². The Morgan fingerprint density at radius 3 is 3.00 bits per heavy atom. The van der Waals surface area contributed by atoms with Crippen molar-refractivity contribution in [2.24, 2.45) is 0 Å². The summed E-state index contributed by atoms with van der Waals surface area (Å²) in [5.74, 6) is -0.222. The average Bonchev–Trinajstić information content (AvgIpc) is 2.58. The number of aliphatic hydroxyl groups is 1. The van der Waals surface area contributed by atoms with Gasteiger partial charge in [0.2, 0.25) is 5.91 Å². The molecule has 3 nitrogen and oxygen atoms in total. The number of rotatable bonds is 4. The summed E-state index contributed by atoms with van der Waals surface area (Å²) in [6, 6.07) is 3.62. The van der Waals surface area contributed by atoms with Crippen LogP contribution in [0.5, 0.6) is 0 Å². The normalized spacial score (nSPS) is 13.0. The van der Waals surface area contributed by atoms with Crippen molar-refractivity contribution in [2.75, 3.05) is 6.54 Å². The first-order valence-electron chi connectivity index (χ1n) is 4.47. The van der Waals surface area contributed by atoms with Crippen LogP contribution in [0.25, 0.3) is 6.08 Å². The van der Waals surface area contributed by atoms with E-state index in [1.54, 1.807) is 19.1 Å². The smallest absolute Gasteiger partial charge is 0.244 e. The third-order valence-corrected chi connectivity index (χ3v) is 2.76. The highest BCUT2D eigenvalue weighted by Gasteiger charge is 1.99. The maximum atomic E-state index is 11.2. The molecule has 0 aliphatic carbocycles. The molecule has 0 bridgehead atoms. The van der Waals surface area contributed by atoms with Crippen LogP contribution in [-0.4, -0.2) is 23.7 Å². The molecule has 0 aromatic carbocycles. The van der Waals surface area contributed by atoms with Crippen molar-refractivity contribution in [2.45, 2.75) is 13.0 Å². The van der Waals surface area contributed by atoms with E-state index >= 15 is 0 Å². The van der Waals surface area contributed by atoms with Gasteiger partial charge in [-0.1, -0.05) is 11.6 Å². The Bertz CT molecular complexity index is 360. The van der Waals surface area contributed by atoms with Gasteiger partial charge < -0.3 is 10.4 Å². The maximum Gasteiger partial charge on any atom is 0.244 e. The van der Waals surface area contributed by atoms with Gasteiger partial charge in [0.1, 0.15) is 0 Å². The van der Waals surface area contributed by atoms with Crippen LogP contribution in [0.1, 0.15) is 11.8 Å². The predicted molar refractivity (Wildman–Crippen MR) is 63.1 cm³/mol. The van der Waals surface area contributed by atoms with E-state index in [1.165, 1.54) is 17.4 Å². The van der Waals surface area contributed by atoms with Gasteiger partial charge in [-0.05, 0) is 25.1 Å². The SMILES string of the molecule is C[C@H](O)CNC(=O)/C=C/c1ccc(Cl)s1. The van der Waals surface area contributed by atoms with Crippen LogP contribution in [-0.2, 0) is 4.79 Å². The highest BCUT2D eigenvalue weighted by Crippen LogP contribution is 2.22. The maximum absolute atomic E-state index is 11.2. The molecule has 0 aliphatic heterocycles. The molecule has 0 unspecified atom stereocenters. The molecule has 0 radical (unpaired) electrons. The van der Waals surface area contributed by atoms with Crippen molar-refractivity contribution >= 4 is 34.9 Å². The summed E-state index contributed by atoms with van der Waals surface area (Å²) < 4.78 is 0.694. The molecule has 0 fully saturated rings. The Hall–Kier alpha value is -0.840. The molecule has 1 heterocycles. The van der Waals surface area contributed by atoms with E-state index in [2.05, 4.69) is 5.32 Å². The fourth-order valence-corrected chi connectivity index (χ4v) is 1.85. The molecular weight excluding hydrogens is 234 g/mol. The van der Waals surface area contributed by atoms with Gasteiger partial charge in [-0.2, -0.15) is 0 Å². The largest absolute Gasteiger partial charge is 0.392 e. The Labute approximate surface area is 97.4 Å². The number of amides is 1. The molecule has 5 heteroatoms. The number of thiophene rings is 1. The topological polar surface area (TPSA) is 49.3 Å². The second kappa shape index (κ2) is 5.90. The summed E-state index contributed by atoms with van der Waals surface area (Å²) >= 11 is 7.13. The van der Waals surface area contributed by atoms with Crippen molar-refractivity contribution in [3.8, 4) is 0 Å². The number of hydrogen-bond acceptors (Lipinski definition) is 3. The molecule has 1 rings (SSSR count). The third-order valence-electron chi connectivity index (χ3n) is 1.56. The Morgan fingerprint density at radius 2 is 2.47 bits per heavy atom. The first-order valence-corrected chi connectivity index (χ1v) is 5.66. The predicted octanol–water partition coefficient (Wildman–Crippen LogP) is 1.91. The van der Waals surface area contributed by atoms with E-state index < -0.39 is 6.10 Å². The second-order valence-electron chi connectivity index (χ2n) is 3.07. The molecule has 0 saturated heterocycles. The van der Waals surface area contributed by atoms with Crippen LogP contribution in [0.3, 0.4) is 0 Å². The molecule has 1 aromatic rings. The molecule has 1 aromatic heterocycles. The monoisotopic (exact) mass is 245 g/mol. The number of halogens is 1. The average molecular weight is 246 g/mol. The fourth-order valence-electron chi connectivity index (χ4n) is 0.883. The Morgan fingerprint density at radius 1 is 1.73 bits per heavy atom. The minimum Gasteiger partial charge on any atom is -0.392 e. The lowest BCUT2D eigenvalue weighted by atomic mass is 10.3. The van der Waals surface area contributed by atoms with Crippen molar-refractivity contribution in [3.63, 3.8) is 0 Å². The van der Waals surface area contributed by atoms with Gasteiger partial charge in [0.25, 0.3) is 0 Å². The fraction of sp³-hybridized carbons (Fsp3) is 0.300. The molecule has 1 amide bonds. The summed E-state index contributed by atoms with van der Waals surface area (Å²) in [4.78, 5) is 12.1. The van der Waals surface area contributed by atoms with Crippen LogP contribution in [0, 0.1) is 0 Å². The van der Waals surface area contributed by atoms with Crippen molar-refractivity contribution < 1.29 is 9.90 Å². The van der Waals surface area contributed by atoms with E-state index in [9.17, 15) is 4.79 Å². The highest BCUT2D eigenvalue weighted by molar-refractivity contribution is 7.17. The minimum atomic E-state index is -0.529. The number of hydrogen-bond donors (Lipinski definition) is 2. The number of carbonyl (C=O) groups is 1. The minimum absolute atomic E-state index is 0.222. The lowest BCUT2D eigenvalue weighted by molar-refractivity contribution is -0.116. The van der Waals surface area contributed by atoms with Crippen LogP contribution in [0.2, 0.25) is 4.34 Å². The summed E-state index contributed by atoms with van der Waals surface area (Å²) in [5, 5.41) is 11.5. The number of aliphatic hydroxyl groups excluding tert-OH is 1. The van der Waals surface area contributed by atoms with Crippen molar-refractivity contribution in [3.05, 3.63) is 27.4 Å². The number of nitrogens with one attached hydrogen (secondary N) is 1. The standard InChI is InChI=1S/C10H12ClNO2S/c1-7(13)6-12-10(14)5-3-8-2-4-9(11)15-8/h2-5,7,13H,6H2,1H3,(H,12,14)/b5-3+/t7-/m0/s1. The van der Waals surface area contributed by atoms with Gasteiger partial charge in [0, 0.05) is 17.5 Å². The van der Waals surface area contributed by atoms with Gasteiger partial charge in [-0.25, -0.2) is 0 Å². The van der Waals surface area contributed by atoms with Crippen LogP contribution < -0.4 is 5.32 Å². The Balaban J connectivity index is 2.40. The molecule has 82 valence electrons. The summed E-state index contributed by atoms with van der Waals surface area (Å²) in [6.45, 7) is 1.87. The van der Waals surface area contributed by atoms with Crippen molar-refractivity contribution in [1.82, 2.24) is 5.32 Å². The molecule has 0 spiro atoms. The molecular formula is C10H12ClNO2S. The van der Waals surface area contributed by atoms with Gasteiger partial charge in [0.05, 0.1) is 10.4 Å². The first-order chi connectivity index (χ1) is 7.08. The molecule has 2 N–H and O–H groups in total. The highest BCUT2D eigenvalue weighted by atomic mass is 35.5. The van der Waals surface area contributed by atoms with E-state index in [1.807, 2.05) is 6.07 Å². The van der Waals surface area contributed by atoms with E-state index in [4.69, 9.17) is 16.7 Å².